The Morgan fingerprint density at radius 3 is 1.75 bits per heavy atom. The highest BCUT2D eigenvalue weighted by Gasteiger charge is 2.15. The van der Waals surface area contributed by atoms with Crippen molar-refractivity contribution in [3.05, 3.63) is 0 Å². The second-order valence-electron chi connectivity index (χ2n) is 1.60. The van der Waals surface area contributed by atoms with Gasteiger partial charge in [0.15, 0.2) is 0 Å². The van der Waals surface area contributed by atoms with E-state index >= 15 is 0 Å². The van der Waals surface area contributed by atoms with Gasteiger partial charge in [-0.05, 0) is 6.42 Å². The second-order valence-corrected chi connectivity index (χ2v) is 1.60. The van der Waals surface area contributed by atoms with Crippen LogP contribution in [0.3, 0.4) is 0 Å². The van der Waals surface area contributed by atoms with Crippen LogP contribution in [-0.2, 0) is 0 Å². The zero-order valence-electron chi connectivity index (χ0n) is 4.41. The molecule has 4 nitrogen and oxygen atoms in total. The lowest BCUT2D eigenvalue weighted by Gasteiger charge is -2.11. The molecule has 0 fully saturated rings. The van der Waals surface area contributed by atoms with E-state index in [1.807, 2.05) is 0 Å². The van der Waals surface area contributed by atoms with Crippen molar-refractivity contribution in [1.82, 2.24) is 0 Å². The van der Waals surface area contributed by atoms with Crippen LogP contribution >= 0.6 is 0 Å². The van der Waals surface area contributed by atoms with Crippen LogP contribution in [0, 0.1) is 0 Å². The summed E-state index contributed by atoms with van der Waals surface area (Å²) in [5, 5.41) is 32.5. The van der Waals surface area contributed by atoms with Gasteiger partial charge in [-0.25, -0.2) is 0 Å². The van der Waals surface area contributed by atoms with Gasteiger partial charge in [0.2, 0.25) is 0 Å². The van der Waals surface area contributed by atoms with Gasteiger partial charge in [0.05, 0.1) is 0 Å². The normalized spacial score (nSPS) is 12.0. The standard InChI is InChI=1S/C4H10O4/c5-3-1-2-4(6,7)8/h5-8H,1-3H2. The zero-order valence-corrected chi connectivity index (χ0v) is 4.41. The van der Waals surface area contributed by atoms with E-state index in [-0.39, 0.29) is 19.4 Å². The average molecular weight is 122 g/mol. The summed E-state index contributed by atoms with van der Waals surface area (Å²) in [6, 6.07) is 0. The summed E-state index contributed by atoms with van der Waals surface area (Å²) in [7, 11) is 0. The molecule has 0 heterocycles. The Morgan fingerprint density at radius 1 is 1.12 bits per heavy atom. The van der Waals surface area contributed by atoms with E-state index in [0.29, 0.717) is 0 Å². The summed E-state index contributed by atoms with van der Waals surface area (Å²) >= 11 is 0. The Bertz CT molecular complexity index is 55.5. The highest BCUT2D eigenvalue weighted by Crippen LogP contribution is 2.01. The highest BCUT2D eigenvalue weighted by atomic mass is 16.7. The Kier molecular flexibility index (Phi) is 2.93. The topological polar surface area (TPSA) is 80.9 Å². The molecule has 0 aliphatic carbocycles. The maximum atomic E-state index is 8.15. The molecule has 4 N–H and O–H groups in total. The smallest absolute Gasteiger partial charge is 0.275 e. The average Bonchev–Trinajstić information content (AvgIpc) is 1.59. The van der Waals surface area contributed by atoms with Gasteiger partial charge in [0.1, 0.15) is 0 Å². The van der Waals surface area contributed by atoms with E-state index in [4.69, 9.17) is 20.4 Å². The summed E-state index contributed by atoms with van der Waals surface area (Å²) in [4.78, 5) is 0. The Morgan fingerprint density at radius 2 is 1.62 bits per heavy atom. The van der Waals surface area contributed by atoms with Gasteiger partial charge in [-0.2, -0.15) is 0 Å². The lowest BCUT2D eigenvalue weighted by Crippen LogP contribution is -2.26. The molecule has 0 aromatic rings. The van der Waals surface area contributed by atoms with E-state index in [2.05, 4.69) is 0 Å². The fourth-order valence-electron chi connectivity index (χ4n) is 0.316. The Labute approximate surface area is 47.0 Å². The molecular formula is C4H10O4. The van der Waals surface area contributed by atoms with Crippen molar-refractivity contribution < 1.29 is 20.4 Å². The van der Waals surface area contributed by atoms with Crippen molar-refractivity contribution in [1.29, 1.82) is 0 Å². The van der Waals surface area contributed by atoms with Crippen molar-refractivity contribution >= 4 is 0 Å². The van der Waals surface area contributed by atoms with Crippen LogP contribution in [0.15, 0.2) is 0 Å². The third-order valence-electron chi connectivity index (χ3n) is 0.670. The van der Waals surface area contributed by atoms with E-state index in [1.165, 1.54) is 0 Å². The predicted molar refractivity (Wildman–Crippen MR) is 25.7 cm³/mol. The molecule has 0 unspecified atom stereocenters. The summed E-state index contributed by atoms with van der Waals surface area (Å²) < 4.78 is 0. The maximum Gasteiger partial charge on any atom is 0.275 e. The van der Waals surface area contributed by atoms with Crippen molar-refractivity contribution in [3.63, 3.8) is 0 Å². The van der Waals surface area contributed by atoms with Gasteiger partial charge in [0.25, 0.3) is 5.97 Å². The van der Waals surface area contributed by atoms with Crippen LogP contribution in [0.5, 0.6) is 0 Å². The molecule has 0 aliphatic heterocycles. The Balaban J connectivity index is 3.11. The van der Waals surface area contributed by atoms with Crippen LogP contribution < -0.4 is 0 Å². The minimum atomic E-state index is -2.61. The first-order chi connectivity index (χ1) is 3.56. The molecule has 0 spiro atoms. The zero-order chi connectivity index (χ0) is 6.62. The van der Waals surface area contributed by atoms with Gasteiger partial charge in [-0.3, -0.25) is 0 Å². The predicted octanol–water partition coefficient (Wildman–Crippen LogP) is -1.61. The van der Waals surface area contributed by atoms with Crippen molar-refractivity contribution in [2.75, 3.05) is 6.61 Å². The van der Waals surface area contributed by atoms with Crippen molar-refractivity contribution in [2.24, 2.45) is 0 Å². The first kappa shape index (κ1) is 7.84. The molecule has 50 valence electrons. The van der Waals surface area contributed by atoms with Crippen LogP contribution in [-0.4, -0.2) is 33.0 Å². The van der Waals surface area contributed by atoms with Gasteiger partial charge in [-0.1, -0.05) is 0 Å². The molecule has 0 radical (unpaired) electrons. The number of hydrogen-bond donors (Lipinski definition) is 4. The summed E-state index contributed by atoms with van der Waals surface area (Å²) in [5.41, 5.74) is 0. The number of aliphatic hydroxyl groups excluding tert-OH is 1. The molecule has 0 aromatic carbocycles. The van der Waals surface area contributed by atoms with E-state index in [9.17, 15) is 0 Å². The quantitative estimate of drug-likeness (QED) is 0.339. The SMILES string of the molecule is OCCCC(O)(O)O. The van der Waals surface area contributed by atoms with Gasteiger partial charge >= 0.3 is 0 Å². The highest BCUT2D eigenvalue weighted by molar-refractivity contribution is 4.45. The fraction of sp³-hybridized carbons (Fsp3) is 1.00. The lowest BCUT2D eigenvalue weighted by atomic mass is 10.3. The molecular weight excluding hydrogens is 112 g/mol. The van der Waals surface area contributed by atoms with Crippen molar-refractivity contribution in [3.8, 4) is 0 Å². The molecule has 4 heteroatoms. The van der Waals surface area contributed by atoms with Crippen LogP contribution in [0.1, 0.15) is 12.8 Å². The van der Waals surface area contributed by atoms with E-state index in [1.54, 1.807) is 0 Å². The minimum Gasteiger partial charge on any atom is -0.396 e. The molecule has 0 aliphatic rings. The van der Waals surface area contributed by atoms with Crippen LogP contribution in [0.4, 0.5) is 0 Å². The van der Waals surface area contributed by atoms with Crippen LogP contribution in [0.2, 0.25) is 0 Å². The van der Waals surface area contributed by atoms with Gasteiger partial charge in [-0.15, -0.1) is 0 Å². The summed E-state index contributed by atoms with van der Waals surface area (Å²) in [5.74, 6) is -2.61. The van der Waals surface area contributed by atoms with E-state index < -0.39 is 5.97 Å². The number of hydrogen-bond acceptors (Lipinski definition) is 4. The van der Waals surface area contributed by atoms with Crippen LogP contribution in [0.25, 0.3) is 0 Å². The second kappa shape index (κ2) is 2.99. The third-order valence-corrected chi connectivity index (χ3v) is 0.670. The van der Waals surface area contributed by atoms with E-state index in [0.717, 1.165) is 0 Å². The Hall–Kier alpha value is -0.160. The molecule has 0 rings (SSSR count). The van der Waals surface area contributed by atoms with Gasteiger partial charge in [0, 0.05) is 13.0 Å². The first-order valence-corrected chi connectivity index (χ1v) is 2.34. The molecule has 0 atom stereocenters. The molecule has 0 aromatic heterocycles. The first-order valence-electron chi connectivity index (χ1n) is 2.34. The number of rotatable bonds is 3. The minimum absolute atomic E-state index is 0.149. The monoisotopic (exact) mass is 122 g/mol. The molecule has 8 heavy (non-hydrogen) atoms. The summed E-state index contributed by atoms with van der Waals surface area (Å²) in [6.45, 7) is -0.149. The van der Waals surface area contributed by atoms with Gasteiger partial charge < -0.3 is 20.4 Å². The molecule has 0 saturated heterocycles. The van der Waals surface area contributed by atoms with Crippen molar-refractivity contribution in [2.45, 2.75) is 18.8 Å². The number of aliphatic hydroxyl groups is 4. The third kappa shape index (κ3) is 5.84. The largest absolute Gasteiger partial charge is 0.396 e. The summed E-state index contributed by atoms with van der Waals surface area (Å²) in [6.07, 6.45) is -0.0347. The maximum absolute atomic E-state index is 8.15. The fourth-order valence-corrected chi connectivity index (χ4v) is 0.316. The lowest BCUT2D eigenvalue weighted by molar-refractivity contribution is -0.315. The molecule has 0 bridgehead atoms. The molecule has 0 saturated carbocycles. The molecule has 0 amide bonds.